The van der Waals surface area contributed by atoms with Crippen molar-refractivity contribution in [2.24, 2.45) is 0 Å². The van der Waals surface area contributed by atoms with Crippen LogP contribution < -0.4 is 5.32 Å². The highest BCUT2D eigenvalue weighted by atomic mass is 16.3. The Balaban J connectivity index is 2.28. The number of hydrogen-bond donors (Lipinski definition) is 2. The molecule has 2 N–H and O–H groups in total. The van der Waals surface area contributed by atoms with Crippen LogP contribution in [0, 0.1) is 0 Å². The lowest BCUT2D eigenvalue weighted by Gasteiger charge is -2.00. The van der Waals surface area contributed by atoms with E-state index in [0.29, 0.717) is 0 Å². The molecule has 1 aromatic rings. The van der Waals surface area contributed by atoms with Gasteiger partial charge in [-0.1, -0.05) is 0 Å². The Kier molecular flexibility index (Phi) is 3.34. The van der Waals surface area contributed by atoms with Gasteiger partial charge in [0.2, 0.25) is 0 Å². The van der Waals surface area contributed by atoms with Crippen molar-refractivity contribution in [3.05, 3.63) is 18.3 Å². The maximum absolute atomic E-state index is 8.47. The summed E-state index contributed by atoms with van der Waals surface area (Å²) in [5.74, 6) is 0.751. The lowest BCUT2D eigenvalue weighted by Crippen LogP contribution is -2.04. The first-order valence-electron chi connectivity index (χ1n) is 3.56. The van der Waals surface area contributed by atoms with Gasteiger partial charge in [-0.15, -0.1) is 5.10 Å². The second kappa shape index (κ2) is 4.62. The quantitative estimate of drug-likeness (QED) is 0.610. The summed E-state index contributed by atoms with van der Waals surface area (Å²) in [7, 11) is 0. The molecule has 1 aromatic heterocycles. The Hall–Kier alpha value is -1.16. The van der Waals surface area contributed by atoms with Gasteiger partial charge >= 0.3 is 0 Å². The van der Waals surface area contributed by atoms with Gasteiger partial charge in [0, 0.05) is 19.3 Å². The van der Waals surface area contributed by atoms with Gasteiger partial charge in [-0.05, 0) is 18.6 Å². The molecule has 1 heterocycles. The molecule has 0 aromatic carbocycles. The molecule has 0 radical (unpaired) electrons. The largest absolute Gasteiger partial charge is 0.396 e. The standard InChI is InChI=1S/C7H11N3O/c11-6-2-4-8-7-3-1-5-9-10-7/h1,3,5,11H,2,4,6H2,(H,8,10). The molecule has 4 heteroatoms. The lowest BCUT2D eigenvalue weighted by atomic mass is 10.4. The van der Waals surface area contributed by atoms with E-state index in [-0.39, 0.29) is 6.61 Å². The first-order valence-corrected chi connectivity index (χ1v) is 3.56. The van der Waals surface area contributed by atoms with Gasteiger partial charge in [0.1, 0.15) is 5.82 Å². The number of rotatable bonds is 4. The molecule has 0 aliphatic rings. The number of aliphatic hydroxyl groups is 1. The van der Waals surface area contributed by atoms with Crippen molar-refractivity contribution in [1.29, 1.82) is 0 Å². The summed E-state index contributed by atoms with van der Waals surface area (Å²) in [6.07, 6.45) is 2.35. The summed E-state index contributed by atoms with van der Waals surface area (Å²) in [5, 5.41) is 19.0. The van der Waals surface area contributed by atoms with Gasteiger partial charge in [-0.2, -0.15) is 5.10 Å². The van der Waals surface area contributed by atoms with E-state index in [1.165, 1.54) is 0 Å². The van der Waals surface area contributed by atoms with Gasteiger partial charge in [0.15, 0.2) is 0 Å². The number of anilines is 1. The van der Waals surface area contributed by atoms with Crippen molar-refractivity contribution < 1.29 is 5.11 Å². The van der Waals surface area contributed by atoms with Crippen LogP contribution >= 0.6 is 0 Å². The maximum atomic E-state index is 8.47. The third kappa shape index (κ3) is 2.95. The summed E-state index contributed by atoms with van der Waals surface area (Å²) >= 11 is 0. The van der Waals surface area contributed by atoms with E-state index in [4.69, 9.17) is 5.11 Å². The molecular weight excluding hydrogens is 142 g/mol. The topological polar surface area (TPSA) is 58.0 Å². The predicted molar refractivity (Wildman–Crippen MR) is 42.2 cm³/mol. The highest BCUT2D eigenvalue weighted by Crippen LogP contribution is 1.96. The highest BCUT2D eigenvalue weighted by molar-refractivity contribution is 5.30. The fourth-order valence-electron chi connectivity index (χ4n) is 0.691. The van der Waals surface area contributed by atoms with Crippen molar-refractivity contribution in [2.45, 2.75) is 6.42 Å². The molecule has 0 bridgehead atoms. The minimum absolute atomic E-state index is 0.202. The Bertz CT molecular complexity index is 190. The smallest absolute Gasteiger partial charge is 0.148 e. The average Bonchev–Trinajstić information content (AvgIpc) is 2.07. The van der Waals surface area contributed by atoms with Gasteiger partial charge in [-0.3, -0.25) is 0 Å². The number of aromatic nitrogens is 2. The first-order chi connectivity index (χ1) is 5.43. The summed E-state index contributed by atoms with van der Waals surface area (Å²) in [4.78, 5) is 0. The van der Waals surface area contributed by atoms with E-state index in [1.54, 1.807) is 6.20 Å². The molecule has 0 atom stereocenters. The molecule has 1 rings (SSSR count). The number of nitrogens with one attached hydrogen (secondary N) is 1. The van der Waals surface area contributed by atoms with Crippen LogP contribution in [0.2, 0.25) is 0 Å². The van der Waals surface area contributed by atoms with Gasteiger partial charge in [-0.25, -0.2) is 0 Å². The number of hydrogen-bond acceptors (Lipinski definition) is 4. The Labute approximate surface area is 65.3 Å². The monoisotopic (exact) mass is 153 g/mol. The highest BCUT2D eigenvalue weighted by Gasteiger charge is 1.89. The second-order valence-electron chi connectivity index (χ2n) is 2.11. The predicted octanol–water partition coefficient (Wildman–Crippen LogP) is 0.271. The minimum Gasteiger partial charge on any atom is -0.396 e. The van der Waals surface area contributed by atoms with E-state index in [1.807, 2.05) is 12.1 Å². The van der Waals surface area contributed by atoms with E-state index in [0.717, 1.165) is 18.8 Å². The fraction of sp³-hybridized carbons (Fsp3) is 0.429. The van der Waals surface area contributed by atoms with Crippen LogP contribution in [0.15, 0.2) is 18.3 Å². The van der Waals surface area contributed by atoms with Crippen molar-refractivity contribution in [1.82, 2.24) is 10.2 Å². The molecule has 11 heavy (non-hydrogen) atoms. The van der Waals surface area contributed by atoms with Crippen LogP contribution in [-0.2, 0) is 0 Å². The molecule has 0 unspecified atom stereocenters. The van der Waals surface area contributed by atoms with Crippen molar-refractivity contribution in [2.75, 3.05) is 18.5 Å². The lowest BCUT2D eigenvalue weighted by molar-refractivity contribution is 0.292. The van der Waals surface area contributed by atoms with E-state index >= 15 is 0 Å². The molecule has 0 amide bonds. The van der Waals surface area contributed by atoms with E-state index in [2.05, 4.69) is 15.5 Å². The summed E-state index contributed by atoms with van der Waals surface area (Å²) in [6, 6.07) is 3.65. The molecule has 0 saturated carbocycles. The third-order valence-electron chi connectivity index (χ3n) is 1.21. The molecular formula is C7H11N3O. The zero-order chi connectivity index (χ0) is 7.94. The zero-order valence-corrected chi connectivity index (χ0v) is 6.20. The first kappa shape index (κ1) is 7.94. The van der Waals surface area contributed by atoms with E-state index in [9.17, 15) is 0 Å². The molecule has 4 nitrogen and oxygen atoms in total. The van der Waals surface area contributed by atoms with Gasteiger partial charge < -0.3 is 10.4 Å². The fourth-order valence-corrected chi connectivity index (χ4v) is 0.691. The number of nitrogens with zero attached hydrogens (tertiary/aromatic N) is 2. The van der Waals surface area contributed by atoms with Crippen molar-refractivity contribution in [3.63, 3.8) is 0 Å². The Morgan fingerprint density at radius 2 is 2.45 bits per heavy atom. The van der Waals surface area contributed by atoms with Crippen LogP contribution in [0.5, 0.6) is 0 Å². The maximum Gasteiger partial charge on any atom is 0.148 e. The van der Waals surface area contributed by atoms with Crippen molar-refractivity contribution in [3.8, 4) is 0 Å². The normalized spacial score (nSPS) is 9.55. The SMILES string of the molecule is OCCCNc1cccnn1. The van der Waals surface area contributed by atoms with Crippen LogP contribution in [0.25, 0.3) is 0 Å². The van der Waals surface area contributed by atoms with Gasteiger partial charge in [0.25, 0.3) is 0 Å². The Morgan fingerprint density at radius 3 is 3.09 bits per heavy atom. The molecule has 0 saturated heterocycles. The molecule has 0 aliphatic heterocycles. The van der Waals surface area contributed by atoms with Crippen LogP contribution in [0.1, 0.15) is 6.42 Å². The zero-order valence-electron chi connectivity index (χ0n) is 6.20. The summed E-state index contributed by atoms with van der Waals surface area (Å²) < 4.78 is 0. The molecule has 60 valence electrons. The molecule has 0 aliphatic carbocycles. The summed E-state index contributed by atoms with van der Waals surface area (Å²) in [6.45, 7) is 0.933. The van der Waals surface area contributed by atoms with E-state index < -0.39 is 0 Å². The average molecular weight is 153 g/mol. The van der Waals surface area contributed by atoms with Gasteiger partial charge in [0.05, 0.1) is 0 Å². The second-order valence-corrected chi connectivity index (χ2v) is 2.11. The van der Waals surface area contributed by atoms with Crippen molar-refractivity contribution >= 4 is 5.82 Å². The Morgan fingerprint density at radius 1 is 1.55 bits per heavy atom. The van der Waals surface area contributed by atoms with Crippen LogP contribution in [-0.4, -0.2) is 28.5 Å². The number of aliphatic hydroxyl groups excluding tert-OH is 1. The summed E-state index contributed by atoms with van der Waals surface area (Å²) in [5.41, 5.74) is 0. The third-order valence-corrected chi connectivity index (χ3v) is 1.21. The minimum atomic E-state index is 0.202. The molecule has 0 fully saturated rings. The van der Waals surface area contributed by atoms with Crippen LogP contribution in [0.4, 0.5) is 5.82 Å². The van der Waals surface area contributed by atoms with Crippen LogP contribution in [0.3, 0.4) is 0 Å². The molecule has 0 spiro atoms.